The lowest BCUT2D eigenvalue weighted by Crippen LogP contribution is -2.13. The second kappa shape index (κ2) is 3.51. The molecule has 0 saturated carbocycles. The summed E-state index contributed by atoms with van der Waals surface area (Å²) in [6.45, 7) is 1.78. The van der Waals surface area contributed by atoms with E-state index in [4.69, 9.17) is 10.2 Å². The molecule has 0 amide bonds. The maximum Gasteiger partial charge on any atom is 0.158 e. The molecule has 2 heteroatoms. The minimum atomic E-state index is -1.27. The lowest BCUT2D eigenvalue weighted by atomic mass is 10.0. The third-order valence-electron chi connectivity index (χ3n) is 1.77. The van der Waals surface area contributed by atoms with Gasteiger partial charge in [-0.3, -0.25) is 0 Å². The first-order valence-corrected chi connectivity index (χ1v) is 3.63. The highest BCUT2D eigenvalue weighted by atomic mass is 16.5. The monoisotopic (exact) mass is 152 g/mol. The fourth-order valence-electron chi connectivity index (χ4n) is 0.929. The molecule has 0 aliphatic carbocycles. The quantitative estimate of drug-likeness (QED) is 0.623. The molecule has 0 aromatic heterocycles. The lowest BCUT2D eigenvalue weighted by molar-refractivity contribution is -0.0561. The molecule has 1 atom stereocenters. The van der Waals surface area contributed by atoms with Crippen molar-refractivity contribution in [3.63, 3.8) is 0 Å². The largest absolute Gasteiger partial charge is 0.368 e. The molecule has 11 heavy (non-hydrogen) atoms. The van der Waals surface area contributed by atoms with Crippen molar-refractivity contribution in [1.29, 1.82) is 0 Å². The second-order valence-electron chi connectivity index (χ2n) is 2.61. The summed E-state index contributed by atoms with van der Waals surface area (Å²) in [7, 11) is 0. The number of aliphatic hydroxyl groups excluding tert-OH is 1. The zero-order valence-corrected chi connectivity index (χ0v) is 6.44. The molecule has 0 unspecified atom stereocenters. The smallest absolute Gasteiger partial charge is 0.158 e. The van der Waals surface area contributed by atoms with Crippen LogP contribution in [0.25, 0.3) is 0 Å². The van der Waals surface area contributed by atoms with Crippen molar-refractivity contribution < 1.29 is 10.2 Å². The summed E-state index contributed by atoms with van der Waals surface area (Å²) < 4.78 is 0. The summed E-state index contributed by atoms with van der Waals surface area (Å²) in [5, 5.41) is 17.7. The molecule has 2 N–H and O–H groups in total. The Morgan fingerprint density at radius 3 is 2.09 bits per heavy atom. The summed E-state index contributed by atoms with van der Waals surface area (Å²) in [6, 6.07) is 9.43. The van der Waals surface area contributed by atoms with E-state index < -0.39 is 6.29 Å². The van der Waals surface area contributed by atoms with Gasteiger partial charge in [-0.1, -0.05) is 37.3 Å². The van der Waals surface area contributed by atoms with E-state index in [-0.39, 0.29) is 5.92 Å². The molecule has 0 bridgehead atoms. The first kappa shape index (κ1) is 8.24. The van der Waals surface area contributed by atoms with Crippen LogP contribution in [0.15, 0.2) is 30.3 Å². The van der Waals surface area contributed by atoms with Crippen molar-refractivity contribution in [2.75, 3.05) is 0 Å². The van der Waals surface area contributed by atoms with Crippen LogP contribution in [-0.4, -0.2) is 16.5 Å². The molecule has 0 spiro atoms. The number of hydrogen-bond donors (Lipinski definition) is 2. The first-order valence-electron chi connectivity index (χ1n) is 3.63. The van der Waals surface area contributed by atoms with Crippen LogP contribution in [0.2, 0.25) is 0 Å². The molecule has 2 nitrogen and oxygen atoms in total. The average molecular weight is 152 g/mol. The van der Waals surface area contributed by atoms with Crippen LogP contribution in [0, 0.1) is 0 Å². The molecule has 1 aromatic rings. The lowest BCUT2D eigenvalue weighted by Gasteiger charge is -2.12. The molecule has 60 valence electrons. The average Bonchev–Trinajstić information content (AvgIpc) is 2.05. The van der Waals surface area contributed by atoms with E-state index >= 15 is 0 Å². The van der Waals surface area contributed by atoms with Gasteiger partial charge in [0, 0.05) is 5.92 Å². The fourth-order valence-corrected chi connectivity index (χ4v) is 0.929. The third-order valence-corrected chi connectivity index (χ3v) is 1.77. The highest BCUT2D eigenvalue weighted by Gasteiger charge is 2.11. The summed E-state index contributed by atoms with van der Waals surface area (Å²) >= 11 is 0. The van der Waals surface area contributed by atoms with Crippen LogP contribution < -0.4 is 0 Å². The topological polar surface area (TPSA) is 40.5 Å². The van der Waals surface area contributed by atoms with E-state index in [2.05, 4.69) is 0 Å². The Balaban J connectivity index is 2.77. The van der Waals surface area contributed by atoms with Crippen molar-refractivity contribution in [3.8, 4) is 0 Å². The molecule has 0 fully saturated rings. The molecule has 0 aliphatic rings. The molecule has 0 saturated heterocycles. The molecule has 1 aromatic carbocycles. The van der Waals surface area contributed by atoms with Crippen molar-refractivity contribution in [2.24, 2.45) is 0 Å². The summed E-state index contributed by atoms with van der Waals surface area (Å²) in [5.74, 6) is -0.212. The van der Waals surface area contributed by atoms with E-state index in [1.165, 1.54) is 0 Å². The number of rotatable bonds is 2. The molecule has 1 rings (SSSR count). The Bertz CT molecular complexity index is 206. The second-order valence-corrected chi connectivity index (χ2v) is 2.61. The maximum absolute atomic E-state index is 8.83. The SMILES string of the molecule is C[C@@H](c1ccccc1)C(O)O. The van der Waals surface area contributed by atoms with E-state index in [0.717, 1.165) is 5.56 Å². The van der Waals surface area contributed by atoms with Crippen molar-refractivity contribution in [2.45, 2.75) is 19.1 Å². The van der Waals surface area contributed by atoms with E-state index in [9.17, 15) is 0 Å². The highest BCUT2D eigenvalue weighted by Crippen LogP contribution is 2.16. The summed E-state index contributed by atoms with van der Waals surface area (Å²) in [5.41, 5.74) is 0.947. The van der Waals surface area contributed by atoms with Crippen LogP contribution in [0.1, 0.15) is 18.4 Å². The predicted octanol–water partition coefficient (Wildman–Crippen LogP) is 1.10. The minimum absolute atomic E-state index is 0.212. The molecule has 0 heterocycles. The van der Waals surface area contributed by atoms with Gasteiger partial charge >= 0.3 is 0 Å². The van der Waals surface area contributed by atoms with E-state index in [0.29, 0.717) is 0 Å². The van der Waals surface area contributed by atoms with Gasteiger partial charge in [-0.05, 0) is 5.56 Å². The minimum Gasteiger partial charge on any atom is -0.368 e. The Morgan fingerprint density at radius 2 is 1.64 bits per heavy atom. The van der Waals surface area contributed by atoms with Crippen LogP contribution in [0.4, 0.5) is 0 Å². The summed E-state index contributed by atoms with van der Waals surface area (Å²) in [4.78, 5) is 0. The molecular formula is C9H12O2. The number of hydrogen-bond acceptors (Lipinski definition) is 2. The van der Waals surface area contributed by atoms with Gasteiger partial charge in [0.25, 0.3) is 0 Å². The van der Waals surface area contributed by atoms with Gasteiger partial charge < -0.3 is 10.2 Å². The van der Waals surface area contributed by atoms with Gasteiger partial charge in [-0.15, -0.1) is 0 Å². The van der Waals surface area contributed by atoms with Crippen molar-refractivity contribution in [3.05, 3.63) is 35.9 Å². The molecule has 0 radical (unpaired) electrons. The zero-order chi connectivity index (χ0) is 8.27. The van der Waals surface area contributed by atoms with Crippen molar-refractivity contribution >= 4 is 0 Å². The van der Waals surface area contributed by atoms with Crippen LogP contribution >= 0.6 is 0 Å². The standard InChI is InChI=1S/C9H12O2/c1-7(9(10)11)8-5-3-2-4-6-8/h2-7,9-11H,1H3/t7-/m0/s1. The zero-order valence-electron chi connectivity index (χ0n) is 6.44. The number of aliphatic hydroxyl groups is 2. The van der Waals surface area contributed by atoms with E-state index in [1.807, 2.05) is 30.3 Å². The van der Waals surface area contributed by atoms with Crippen LogP contribution in [-0.2, 0) is 0 Å². The normalized spacial score (nSPS) is 13.5. The Labute approximate surface area is 66.1 Å². The Kier molecular flexibility index (Phi) is 2.63. The Hall–Kier alpha value is -0.860. The van der Waals surface area contributed by atoms with Crippen molar-refractivity contribution in [1.82, 2.24) is 0 Å². The first-order chi connectivity index (χ1) is 5.22. The maximum atomic E-state index is 8.83. The van der Waals surface area contributed by atoms with E-state index in [1.54, 1.807) is 6.92 Å². The van der Waals surface area contributed by atoms with Gasteiger partial charge in [0.05, 0.1) is 0 Å². The molecule has 0 aliphatic heterocycles. The van der Waals surface area contributed by atoms with Crippen LogP contribution in [0.3, 0.4) is 0 Å². The predicted molar refractivity (Wildman–Crippen MR) is 43.1 cm³/mol. The van der Waals surface area contributed by atoms with Gasteiger partial charge in [0.1, 0.15) is 0 Å². The van der Waals surface area contributed by atoms with Gasteiger partial charge in [-0.25, -0.2) is 0 Å². The van der Waals surface area contributed by atoms with Crippen LogP contribution in [0.5, 0.6) is 0 Å². The van der Waals surface area contributed by atoms with Gasteiger partial charge in [0.2, 0.25) is 0 Å². The summed E-state index contributed by atoms with van der Waals surface area (Å²) in [6.07, 6.45) is -1.27. The van der Waals surface area contributed by atoms with Gasteiger partial charge in [-0.2, -0.15) is 0 Å². The number of benzene rings is 1. The third kappa shape index (κ3) is 2.03. The highest BCUT2D eigenvalue weighted by molar-refractivity contribution is 5.18. The van der Waals surface area contributed by atoms with Gasteiger partial charge in [0.15, 0.2) is 6.29 Å². The fraction of sp³-hybridized carbons (Fsp3) is 0.333. The molecular weight excluding hydrogens is 140 g/mol. The Morgan fingerprint density at radius 1 is 1.09 bits per heavy atom.